The van der Waals surface area contributed by atoms with E-state index in [0.717, 1.165) is 5.56 Å². The average molecular weight is 384 g/mol. The van der Waals surface area contributed by atoms with Crippen LogP contribution in [0.15, 0.2) is 42.6 Å². The van der Waals surface area contributed by atoms with E-state index in [1.165, 1.54) is 11.0 Å². The van der Waals surface area contributed by atoms with Crippen molar-refractivity contribution in [1.29, 1.82) is 0 Å². The van der Waals surface area contributed by atoms with Crippen molar-refractivity contribution in [3.8, 4) is 0 Å². The third kappa shape index (κ3) is 3.33. The number of β-lactam (4-membered cyclic amide) rings is 1. The summed E-state index contributed by atoms with van der Waals surface area (Å²) in [5.41, 5.74) is 2.14. The van der Waals surface area contributed by atoms with Gasteiger partial charge in [-0.15, -0.1) is 0 Å². The molecule has 3 rings (SSSR count). The molecule has 0 aromatic heterocycles. The Balaban J connectivity index is 1.95. The second-order valence-corrected chi connectivity index (χ2v) is 6.90. The second kappa shape index (κ2) is 7.98. The molecule has 2 aliphatic heterocycles. The van der Waals surface area contributed by atoms with Gasteiger partial charge in [-0.05, 0) is 43.5 Å². The Kier molecular flexibility index (Phi) is 5.65. The van der Waals surface area contributed by atoms with Gasteiger partial charge < -0.3 is 20.1 Å². The third-order valence-electron chi connectivity index (χ3n) is 5.09. The highest BCUT2D eigenvalue weighted by molar-refractivity contribution is 6.07. The predicted molar refractivity (Wildman–Crippen MR) is 103 cm³/mol. The van der Waals surface area contributed by atoms with Crippen molar-refractivity contribution in [3.05, 3.63) is 53.7 Å². The average Bonchev–Trinajstić information content (AvgIpc) is 3.01. The number of hydrogen-bond acceptors (Lipinski definition) is 5. The molecule has 2 N–H and O–H groups in total. The fraction of sp³-hybridized carbons (Fsp3) is 0.381. The molecule has 3 atom stereocenters. The van der Waals surface area contributed by atoms with Gasteiger partial charge >= 0.3 is 5.97 Å². The Hall–Kier alpha value is -2.93. The van der Waals surface area contributed by atoms with Gasteiger partial charge in [-0.25, -0.2) is 4.79 Å². The molecule has 2 heterocycles. The number of nitrogens with zero attached hydrogens (tertiary/aromatic N) is 1. The summed E-state index contributed by atoms with van der Waals surface area (Å²) in [5.74, 6) is -1.58. The van der Waals surface area contributed by atoms with Crippen LogP contribution in [-0.2, 0) is 14.3 Å². The number of fused-ring (bicyclic) bond motifs is 1. The summed E-state index contributed by atoms with van der Waals surface area (Å²) < 4.78 is 5.18. The molecule has 2 aliphatic rings. The number of nitrogens with one attached hydrogen (secondary N) is 1. The van der Waals surface area contributed by atoms with E-state index in [1.807, 2.05) is 6.92 Å². The minimum atomic E-state index is -0.793. The lowest BCUT2D eigenvalue weighted by atomic mass is 9.82. The molecule has 0 aliphatic carbocycles. The van der Waals surface area contributed by atoms with Gasteiger partial charge in [0.1, 0.15) is 12.3 Å². The van der Waals surface area contributed by atoms with E-state index in [1.54, 1.807) is 31.2 Å². The number of rotatable bonds is 7. The molecule has 1 saturated heterocycles. The van der Waals surface area contributed by atoms with E-state index in [0.29, 0.717) is 24.1 Å². The molecule has 28 heavy (non-hydrogen) atoms. The van der Waals surface area contributed by atoms with Crippen molar-refractivity contribution in [2.45, 2.75) is 32.4 Å². The van der Waals surface area contributed by atoms with E-state index < -0.39 is 18.0 Å². The summed E-state index contributed by atoms with van der Waals surface area (Å²) in [6.45, 7) is 7.53. The van der Waals surface area contributed by atoms with Crippen molar-refractivity contribution >= 4 is 23.4 Å². The van der Waals surface area contributed by atoms with Gasteiger partial charge in [0.15, 0.2) is 0 Å². The lowest BCUT2D eigenvalue weighted by Crippen LogP contribution is -2.61. The van der Waals surface area contributed by atoms with E-state index in [-0.39, 0.29) is 30.2 Å². The van der Waals surface area contributed by atoms with E-state index in [4.69, 9.17) is 4.74 Å². The lowest BCUT2D eigenvalue weighted by Gasteiger charge is -2.44. The topological polar surface area (TPSA) is 95.9 Å². The first kappa shape index (κ1) is 19.8. The normalized spacial score (nSPS) is 21.7. The third-order valence-corrected chi connectivity index (χ3v) is 5.09. The zero-order valence-corrected chi connectivity index (χ0v) is 16.0. The maximum absolute atomic E-state index is 12.6. The van der Waals surface area contributed by atoms with Gasteiger partial charge in [0.05, 0.1) is 18.1 Å². The van der Waals surface area contributed by atoms with Gasteiger partial charge in [-0.1, -0.05) is 24.8 Å². The van der Waals surface area contributed by atoms with Crippen LogP contribution < -0.4 is 5.32 Å². The number of benzene rings is 1. The summed E-state index contributed by atoms with van der Waals surface area (Å²) in [7, 11) is 0. The van der Waals surface area contributed by atoms with Crippen LogP contribution in [0.5, 0.6) is 0 Å². The zero-order chi connectivity index (χ0) is 20.4. The Morgan fingerprint density at radius 3 is 2.64 bits per heavy atom. The first-order valence-electron chi connectivity index (χ1n) is 9.31. The van der Waals surface area contributed by atoms with E-state index in [9.17, 15) is 19.5 Å². The molecular weight excluding hydrogens is 360 g/mol. The zero-order valence-electron chi connectivity index (χ0n) is 16.0. The molecule has 7 nitrogen and oxygen atoms in total. The molecule has 0 saturated carbocycles. The smallest absolute Gasteiger partial charge is 0.355 e. The van der Waals surface area contributed by atoms with Crippen LogP contribution in [-0.4, -0.2) is 53.1 Å². The van der Waals surface area contributed by atoms with Crippen LogP contribution in [0.4, 0.5) is 0 Å². The minimum Gasteiger partial charge on any atom is -0.457 e. The van der Waals surface area contributed by atoms with Crippen LogP contribution in [0.25, 0.3) is 5.57 Å². The summed E-state index contributed by atoms with van der Waals surface area (Å²) in [6.07, 6.45) is 1.11. The molecule has 1 fully saturated rings. The highest BCUT2D eigenvalue weighted by Crippen LogP contribution is 2.47. The van der Waals surface area contributed by atoms with Crippen LogP contribution in [0.1, 0.15) is 36.2 Å². The molecular formula is C21H24N2O5. The Morgan fingerprint density at radius 1 is 1.39 bits per heavy atom. The Morgan fingerprint density at radius 2 is 2.07 bits per heavy atom. The second-order valence-electron chi connectivity index (χ2n) is 6.90. The molecule has 0 unspecified atom stereocenters. The van der Waals surface area contributed by atoms with Gasteiger partial charge in [-0.2, -0.15) is 0 Å². The molecule has 1 aromatic carbocycles. The molecule has 2 amide bonds. The van der Waals surface area contributed by atoms with E-state index in [2.05, 4.69) is 11.9 Å². The quantitative estimate of drug-likeness (QED) is 0.422. The van der Waals surface area contributed by atoms with Crippen molar-refractivity contribution in [2.75, 3.05) is 13.2 Å². The summed E-state index contributed by atoms with van der Waals surface area (Å²) in [4.78, 5) is 38.5. The van der Waals surface area contributed by atoms with Gasteiger partial charge in [0, 0.05) is 12.1 Å². The molecule has 0 bridgehead atoms. The standard InChI is InChI=1S/C21H24N2O5/c1-4-10-28-21(27)18-15(11-16-17(12(3)24)20(26)23(16)18)13-6-8-14(9-7-13)19(25)22-5-2/h4,6-9,12,16-17,24H,1,5,10-11H2,2-3H3,(H,22,25)/t12-,16-,17-/m1/s1. The maximum atomic E-state index is 12.6. The number of aliphatic hydroxyl groups is 1. The first-order chi connectivity index (χ1) is 13.4. The van der Waals surface area contributed by atoms with Gasteiger partial charge in [0.25, 0.3) is 5.91 Å². The first-order valence-corrected chi connectivity index (χ1v) is 9.31. The number of hydrogen-bond donors (Lipinski definition) is 2. The maximum Gasteiger partial charge on any atom is 0.355 e. The molecule has 7 heteroatoms. The lowest BCUT2D eigenvalue weighted by molar-refractivity contribution is -0.162. The highest BCUT2D eigenvalue weighted by atomic mass is 16.5. The molecule has 148 valence electrons. The fourth-order valence-corrected chi connectivity index (χ4v) is 3.80. The summed E-state index contributed by atoms with van der Waals surface area (Å²) in [6, 6.07) is 6.62. The van der Waals surface area contributed by atoms with Crippen LogP contribution in [0, 0.1) is 5.92 Å². The minimum absolute atomic E-state index is 0.0399. The van der Waals surface area contributed by atoms with Crippen molar-refractivity contribution in [3.63, 3.8) is 0 Å². The van der Waals surface area contributed by atoms with Crippen molar-refractivity contribution < 1.29 is 24.2 Å². The van der Waals surface area contributed by atoms with Crippen LogP contribution in [0.2, 0.25) is 0 Å². The Bertz CT molecular complexity index is 841. The number of ether oxygens (including phenoxy) is 1. The van der Waals surface area contributed by atoms with Crippen LogP contribution >= 0.6 is 0 Å². The number of aliphatic hydroxyl groups excluding tert-OH is 1. The summed E-state index contributed by atoms with van der Waals surface area (Å²) >= 11 is 0. The number of esters is 1. The fourth-order valence-electron chi connectivity index (χ4n) is 3.80. The number of carbonyl (C=O) groups excluding carboxylic acids is 3. The van der Waals surface area contributed by atoms with Gasteiger partial charge in [0.2, 0.25) is 5.91 Å². The van der Waals surface area contributed by atoms with Gasteiger partial charge in [-0.3, -0.25) is 9.59 Å². The van der Waals surface area contributed by atoms with Crippen LogP contribution in [0.3, 0.4) is 0 Å². The number of amides is 2. The van der Waals surface area contributed by atoms with Crippen molar-refractivity contribution in [2.24, 2.45) is 5.92 Å². The number of carbonyl (C=O) groups is 3. The monoisotopic (exact) mass is 384 g/mol. The SMILES string of the molecule is C=CCOC(=O)C1=C(c2ccc(C(=O)NCC)cc2)C[C@@H]2[C@@H]([C@@H](C)O)C(=O)N12. The largest absolute Gasteiger partial charge is 0.457 e. The highest BCUT2D eigenvalue weighted by Gasteiger charge is 2.57. The molecule has 0 radical (unpaired) electrons. The molecule has 0 spiro atoms. The summed E-state index contributed by atoms with van der Waals surface area (Å²) in [5, 5.41) is 12.7. The van der Waals surface area contributed by atoms with E-state index >= 15 is 0 Å². The predicted octanol–water partition coefficient (Wildman–Crippen LogP) is 1.49. The molecule has 1 aromatic rings. The Labute approximate surface area is 163 Å². The van der Waals surface area contributed by atoms with Crippen molar-refractivity contribution in [1.82, 2.24) is 10.2 Å².